The third kappa shape index (κ3) is 3.29. The molecule has 0 unspecified atom stereocenters. The highest BCUT2D eigenvalue weighted by atomic mass is 19.4. The first-order chi connectivity index (χ1) is 8.48. The predicted octanol–water partition coefficient (Wildman–Crippen LogP) is 2.28. The van der Waals surface area contributed by atoms with E-state index in [4.69, 9.17) is 0 Å². The molecule has 1 heterocycles. The number of nitrogens with one attached hydrogen (secondary N) is 1. The lowest BCUT2D eigenvalue weighted by molar-refractivity contribution is -0.138. The molecular formula is C12H13F3N2O. The zero-order valence-corrected chi connectivity index (χ0v) is 9.63. The van der Waals surface area contributed by atoms with Gasteiger partial charge in [0, 0.05) is 18.0 Å². The second kappa shape index (κ2) is 5.06. The number of pyridine rings is 1. The van der Waals surface area contributed by atoms with Gasteiger partial charge in [0.2, 0.25) is 0 Å². The molecular weight excluding hydrogens is 245 g/mol. The molecule has 1 saturated carbocycles. The number of alkyl halides is 3. The lowest BCUT2D eigenvalue weighted by atomic mass is 10.1. The summed E-state index contributed by atoms with van der Waals surface area (Å²) in [4.78, 5) is 15.3. The van der Waals surface area contributed by atoms with Gasteiger partial charge in [-0.25, -0.2) is 0 Å². The third-order valence-corrected chi connectivity index (χ3v) is 2.84. The van der Waals surface area contributed by atoms with Gasteiger partial charge in [0.25, 0.3) is 0 Å². The molecule has 0 radical (unpaired) electrons. The number of halogens is 3. The van der Waals surface area contributed by atoms with Crippen molar-refractivity contribution in [1.29, 1.82) is 0 Å². The fraction of sp³-hybridized carbons (Fsp3) is 0.500. The van der Waals surface area contributed by atoms with Crippen molar-refractivity contribution in [3.05, 3.63) is 29.6 Å². The summed E-state index contributed by atoms with van der Waals surface area (Å²) in [5.41, 5.74) is -1.29. The molecule has 1 N–H and O–H groups in total. The lowest BCUT2D eigenvalue weighted by Gasteiger charge is -2.11. The van der Waals surface area contributed by atoms with Gasteiger partial charge < -0.3 is 5.32 Å². The van der Waals surface area contributed by atoms with Crippen LogP contribution >= 0.6 is 0 Å². The molecule has 0 saturated heterocycles. The third-order valence-electron chi connectivity index (χ3n) is 2.84. The number of nitrogens with zero attached hydrogens (tertiary/aromatic N) is 1. The number of rotatable bonds is 5. The van der Waals surface area contributed by atoms with Crippen LogP contribution in [-0.2, 0) is 6.18 Å². The van der Waals surface area contributed by atoms with Crippen LogP contribution in [0.1, 0.15) is 28.8 Å². The van der Waals surface area contributed by atoms with Gasteiger partial charge in [-0.1, -0.05) is 0 Å². The molecule has 0 aliphatic heterocycles. The van der Waals surface area contributed by atoms with Crippen LogP contribution in [0.5, 0.6) is 0 Å². The number of Topliss-reactive ketones (excluding diaryl/α,β-unsaturated/α-hetero) is 1. The van der Waals surface area contributed by atoms with Crippen LogP contribution in [-0.4, -0.2) is 23.9 Å². The van der Waals surface area contributed by atoms with Gasteiger partial charge in [-0.05, 0) is 31.4 Å². The molecule has 6 heteroatoms. The summed E-state index contributed by atoms with van der Waals surface area (Å²) in [5.74, 6) is 0.00450. The summed E-state index contributed by atoms with van der Waals surface area (Å²) in [5, 5.41) is 2.88. The number of ketones is 1. The van der Waals surface area contributed by atoms with E-state index in [1.165, 1.54) is 0 Å². The first-order valence-corrected chi connectivity index (χ1v) is 5.73. The molecule has 1 aliphatic carbocycles. The summed E-state index contributed by atoms with van der Waals surface area (Å²) >= 11 is 0. The highest BCUT2D eigenvalue weighted by Crippen LogP contribution is 2.31. The van der Waals surface area contributed by atoms with Crippen LogP contribution in [0.2, 0.25) is 0 Å². The standard InChI is InChI=1S/C12H13F3N2O/c13-12(14,15)10-3-4-16-6-9(10)11(18)7-17-5-8-1-2-8/h3-4,6,8,17H,1-2,5,7H2. The van der Waals surface area contributed by atoms with Crippen molar-refractivity contribution in [3.8, 4) is 0 Å². The van der Waals surface area contributed by atoms with Crippen molar-refractivity contribution < 1.29 is 18.0 Å². The number of carbonyl (C=O) groups excluding carboxylic acids is 1. The first-order valence-electron chi connectivity index (χ1n) is 5.73. The summed E-state index contributed by atoms with van der Waals surface area (Å²) in [6.45, 7) is 0.610. The zero-order valence-electron chi connectivity index (χ0n) is 9.63. The van der Waals surface area contributed by atoms with E-state index in [-0.39, 0.29) is 12.1 Å². The Morgan fingerprint density at radius 1 is 1.44 bits per heavy atom. The molecule has 1 aromatic rings. The Hall–Kier alpha value is -1.43. The average molecular weight is 258 g/mol. The Kier molecular flexibility index (Phi) is 3.65. The van der Waals surface area contributed by atoms with Gasteiger partial charge in [-0.15, -0.1) is 0 Å². The van der Waals surface area contributed by atoms with E-state index in [0.29, 0.717) is 12.5 Å². The Bertz CT molecular complexity index is 441. The van der Waals surface area contributed by atoms with Gasteiger partial charge >= 0.3 is 6.18 Å². The molecule has 1 aromatic heterocycles. The Labute approximate surface area is 102 Å². The molecule has 1 aliphatic rings. The predicted molar refractivity (Wildman–Crippen MR) is 59.2 cm³/mol. The number of hydrogen-bond acceptors (Lipinski definition) is 3. The van der Waals surface area contributed by atoms with Crippen molar-refractivity contribution in [2.45, 2.75) is 19.0 Å². The normalized spacial score (nSPS) is 15.7. The van der Waals surface area contributed by atoms with E-state index >= 15 is 0 Å². The summed E-state index contributed by atoms with van der Waals surface area (Å²) in [6.07, 6.45) is -0.255. The van der Waals surface area contributed by atoms with E-state index < -0.39 is 17.5 Å². The highest BCUT2D eigenvalue weighted by Gasteiger charge is 2.35. The molecule has 2 rings (SSSR count). The van der Waals surface area contributed by atoms with Gasteiger partial charge in [-0.2, -0.15) is 13.2 Å². The number of carbonyl (C=O) groups is 1. The Morgan fingerprint density at radius 2 is 2.17 bits per heavy atom. The molecule has 1 fully saturated rings. The second-order valence-electron chi connectivity index (χ2n) is 4.42. The largest absolute Gasteiger partial charge is 0.417 e. The molecule has 18 heavy (non-hydrogen) atoms. The molecule has 0 atom stereocenters. The van der Waals surface area contributed by atoms with Crippen LogP contribution in [0.3, 0.4) is 0 Å². The van der Waals surface area contributed by atoms with Crippen LogP contribution < -0.4 is 5.32 Å². The average Bonchev–Trinajstić information content (AvgIpc) is 3.12. The molecule has 0 aromatic carbocycles. The van der Waals surface area contributed by atoms with Gasteiger partial charge in [0.1, 0.15) is 0 Å². The van der Waals surface area contributed by atoms with Crippen molar-refractivity contribution in [3.63, 3.8) is 0 Å². The van der Waals surface area contributed by atoms with Crippen LogP contribution in [0.4, 0.5) is 13.2 Å². The molecule has 3 nitrogen and oxygen atoms in total. The van der Waals surface area contributed by atoms with E-state index in [1.54, 1.807) is 0 Å². The fourth-order valence-electron chi connectivity index (χ4n) is 1.67. The van der Waals surface area contributed by atoms with Crippen LogP contribution in [0.25, 0.3) is 0 Å². The molecule has 98 valence electrons. The Balaban J connectivity index is 2.04. The summed E-state index contributed by atoms with van der Waals surface area (Å²) < 4.78 is 38.0. The van der Waals surface area contributed by atoms with Crippen molar-refractivity contribution >= 4 is 5.78 Å². The zero-order chi connectivity index (χ0) is 13.2. The second-order valence-corrected chi connectivity index (χ2v) is 4.42. The number of aromatic nitrogens is 1. The minimum atomic E-state index is -4.52. The van der Waals surface area contributed by atoms with Gasteiger partial charge in [0.05, 0.1) is 12.1 Å². The monoisotopic (exact) mass is 258 g/mol. The molecule has 0 amide bonds. The van der Waals surface area contributed by atoms with E-state index in [2.05, 4.69) is 10.3 Å². The minimum absolute atomic E-state index is 0.0781. The maximum Gasteiger partial charge on any atom is 0.417 e. The van der Waals surface area contributed by atoms with Crippen molar-refractivity contribution in [2.75, 3.05) is 13.1 Å². The van der Waals surface area contributed by atoms with Crippen LogP contribution in [0.15, 0.2) is 18.5 Å². The first kappa shape index (κ1) is 13.0. The topological polar surface area (TPSA) is 42.0 Å². The Morgan fingerprint density at radius 3 is 2.78 bits per heavy atom. The molecule has 0 bridgehead atoms. The summed E-state index contributed by atoms with van der Waals surface area (Å²) in [6, 6.07) is 0.828. The maximum absolute atomic E-state index is 12.7. The fourth-order valence-corrected chi connectivity index (χ4v) is 1.67. The molecule has 0 spiro atoms. The SMILES string of the molecule is O=C(CNCC1CC1)c1cnccc1C(F)(F)F. The van der Waals surface area contributed by atoms with E-state index in [1.807, 2.05) is 0 Å². The minimum Gasteiger partial charge on any atom is -0.309 e. The lowest BCUT2D eigenvalue weighted by Crippen LogP contribution is -2.26. The van der Waals surface area contributed by atoms with Gasteiger partial charge in [-0.3, -0.25) is 9.78 Å². The van der Waals surface area contributed by atoms with E-state index in [9.17, 15) is 18.0 Å². The quantitative estimate of drug-likeness (QED) is 0.824. The van der Waals surface area contributed by atoms with Gasteiger partial charge in [0.15, 0.2) is 5.78 Å². The highest BCUT2D eigenvalue weighted by molar-refractivity contribution is 5.98. The van der Waals surface area contributed by atoms with Crippen LogP contribution in [0, 0.1) is 5.92 Å². The smallest absolute Gasteiger partial charge is 0.309 e. The maximum atomic E-state index is 12.7. The van der Waals surface area contributed by atoms with Crippen molar-refractivity contribution in [2.24, 2.45) is 5.92 Å². The van der Waals surface area contributed by atoms with E-state index in [0.717, 1.165) is 31.3 Å². The summed E-state index contributed by atoms with van der Waals surface area (Å²) in [7, 11) is 0. The van der Waals surface area contributed by atoms with Crippen molar-refractivity contribution in [1.82, 2.24) is 10.3 Å². The number of hydrogen-bond donors (Lipinski definition) is 1.